The van der Waals surface area contributed by atoms with E-state index in [2.05, 4.69) is 76.0 Å². The van der Waals surface area contributed by atoms with Gasteiger partial charge in [0.15, 0.2) is 0 Å². The summed E-state index contributed by atoms with van der Waals surface area (Å²) in [6, 6.07) is 18.1. The third kappa shape index (κ3) is 6.34. The molecule has 1 fully saturated rings. The molecule has 0 spiro atoms. The number of anilines is 3. The van der Waals surface area contributed by atoms with Gasteiger partial charge in [0.2, 0.25) is 0 Å². The quantitative estimate of drug-likeness (QED) is 0.186. The van der Waals surface area contributed by atoms with E-state index in [0.29, 0.717) is 32.2 Å². The van der Waals surface area contributed by atoms with Crippen LogP contribution in [0.2, 0.25) is 9.36 Å². The molecule has 220 valence electrons. The van der Waals surface area contributed by atoms with Crippen LogP contribution in [0, 0.1) is 11.3 Å². The Hall–Kier alpha value is -3.68. The summed E-state index contributed by atoms with van der Waals surface area (Å²) in [6.07, 6.45) is 5.66. The molecule has 11 heteroatoms. The highest BCUT2D eigenvalue weighted by atomic mass is 35.5. The Labute approximate surface area is 265 Å². The molecule has 1 atom stereocenters. The van der Waals surface area contributed by atoms with Crippen LogP contribution in [-0.4, -0.2) is 43.5 Å². The zero-order valence-electron chi connectivity index (χ0n) is 24.2. The number of hydrogen-bond donors (Lipinski definition) is 2. The highest BCUT2D eigenvalue weighted by Crippen LogP contribution is 2.38. The lowest BCUT2D eigenvalue weighted by Gasteiger charge is -2.40. The molecule has 1 saturated heterocycles. The molecule has 1 unspecified atom stereocenters. The summed E-state index contributed by atoms with van der Waals surface area (Å²) in [5.41, 5.74) is 5.21. The molecule has 3 aromatic heterocycles. The fourth-order valence-corrected chi connectivity index (χ4v) is 6.71. The molecule has 2 aromatic carbocycles. The first-order valence-electron chi connectivity index (χ1n) is 14.2. The van der Waals surface area contributed by atoms with Crippen LogP contribution in [-0.2, 0) is 0 Å². The van der Waals surface area contributed by atoms with Crippen LogP contribution in [0.1, 0.15) is 62.5 Å². The number of benzene rings is 2. The van der Waals surface area contributed by atoms with Gasteiger partial charge in [-0.1, -0.05) is 58.7 Å². The van der Waals surface area contributed by atoms with Gasteiger partial charge in [-0.2, -0.15) is 5.26 Å². The smallest absolute Gasteiger partial charge is 0.109 e. The van der Waals surface area contributed by atoms with E-state index in [9.17, 15) is 5.26 Å². The standard InChI is InChI=1S/C32H32Cl2N8S/c1-32(2,3)41-11-9-24(10-12-41)42-18-27(39-40-42)30(20-7-5-4-6-8-20)37-22-13-25-29(38-23-15-28(34)43-19-23)21(16-35)17-36-31(25)26(33)14-22/h4-8,13-15,17-19,24,30,37H,9-12H2,1-3H3,(H,36,38). The fraction of sp³-hybridized carbons (Fsp3) is 0.312. The third-order valence-electron chi connectivity index (χ3n) is 7.94. The minimum Gasteiger partial charge on any atom is -0.373 e. The van der Waals surface area contributed by atoms with Gasteiger partial charge in [-0.15, -0.1) is 16.4 Å². The van der Waals surface area contributed by atoms with Crippen molar-refractivity contribution in [1.29, 1.82) is 5.26 Å². The van der Waals surface area contributed by atoms with Crippen molar-refractivity contribution >= 4 is 62.5 Å². The molecule has 0 bridgehead atoms. The van der Waals surface area contributed by atoms with E-state index in [-0.39, 0.29) is 11.6 Å². The first-order valence-corrected chi connectivity index (χ1v) is 15.8. The zero-order chi connectivity index (χ0) is 30.1. The summed E-state index contributed by atoms with van der Waals surface area (Å²) in [5, 5.41) is 29.2. The Kier molecular flexibility index (Phi) is 8.29. The van der Waals surface area contributed by atoms with Gasteiger partial charge in [-0.3, -0.25) is 9.88 Å². The maximum Gasteiger partial charge on any atom is 0.109 e. The van der Waals surface area contributed by atoms with Gasteiger partial charge in [-0.05, 0) is 57.4 Å². The Morgan fingerprint density at radius 1 is 1.07 bits per heavy atom. The maximum absolute atomic E-state index is 9.88. The highest BCUT2D eigenvalue weighted by Gasteiger charge is 2.29. The summed E-state index contributed by atoms with van der Waals surface area (Å²) in [5.74, 6) is 0. The second-order valence-corrected chi connectivity index (χ2v) is 13.7. The molecule has 43 heavy (non-hydrogen) atoms. The number of nitrogens with one attached hydrogen (secondary N) is 2. The SMILES string of the molecule is CC(C)(C)N1CCC(n2cc(C(Nc3cc(Cl)c4ncc(C#N)c(Nc5csc(Cl)c5)c4c3)c3ccccc3)nn2)CC1. The fourth-order valence-electron chi connectivity index (χ4n) is 5.62. The van der Waals surface area contributed by atoms with E-state index in [1.54, 1.807) is 0 Å². The maximum atomic E-state index is 9.88. The Balaban J connectivity index is 1.34. The first kappa shape index (κ1) is 29.4. The second-order valence-electron chi connectivity index (χ2n) is 11.8. The molecule has 1 aliphatic heterocycles. The number of fused-ring (bicyclic) bond motifs is 1. The molecule has 2 N–H and O–H groups in total. The van der Waals surface area contributed by atoms with Crippen LogP contribution < -0.4 is 10.6 Å². The van der Waals surface area contributed by atoms with Gasteiger partial charge in [0.25, 0.3) is 0 Å². The lowest BCUT2D eigenvalue weighted by Crippen LogP contribution is -2.46. The van der Waals surface area contributed by atoms with Crippen molar-refractivity contribution in [3.8, 4) is 6.07 Å². The van der Waals surface area contributed by atoms with Crippen molar-refractivity contribution in [2.75, 3.05) is 23.7 Å². The number of piperidine rings is 1. The molecule has 0 aliphatic carbocycles. The highest BCUT2D eigenvalue weighted by molar-refractivity contribution is 7.14. The molecule has 0 amide bonds. The number of aromatic nitrogens is 4. The number of nitrogens with zero attached hydrogens (tertiary/aromatic N) is 6. The van der Waals surface area contributed by atoms with Gasteiger partial charge < -0.3 is 10.6 Å². The van der Waals surface area contributed by atoms with E-state index in [1.165, 1.54) is 17.5 Å². The van der Waals surface area contributed by atoms with Crippen LogP contribution in [0.4, 0.5) is 17.1 Å². The minimum atomic E-state index is -0.280. The Morgan fingerprint density at radius 2 is 1.84 bits per heavy atom. The normalized spacial score (nSPS) is 15.3. The van der Waals surface area contributed by atoms with Gasteiger partial charge in [0.05, 0.1) is 50.1 Å². The van der Waals surface area contributed by atoms with Gasteiger partial charge >= 0.3 is 0 Å². The first-order chi connectivity index (χ1) is 20.7. The molecule has 4 heterocycles. The average Bonchev–Trinajstić information content (AvgIpc) is 3.65. The molecule has 1 aliphatic rings. The molecule has 8 nitrogen and oxygen atoms in total. The summed E-state index contributed by atoms with van der Waals surface area (Å²) in [6.45, 7) is 8.87. The monoisotopic (exact) mass is 630 g/mol. The van der Waals surface area contributed by atoms with Crippen molar-refractivity contribution in [3.05, 3.63) is 92.5 Å². The van der Waals surface area contributed by atoms with Gasteiger partial charge in [-0.25, -0.2) is 4.68 Å². The van der Waals surface area contributed by atoms with Crippen molar-refractivity contribution in [1.82, 2.24) is 24.9 Å². The lowest BCUT2D eigenvalue weighted by atomic mass is 9.98. The van der Waals surface area contributed by atoms with Crippen LogP contribution >= 0.6 is 34.5 Å². The molecule has 6 rings (SSSR count). The van der Waals surface area contributed by atoms with Crippen molar-refractivity contribution in [3.63, 3.8) is 0 Å². The predicted molar refractivity (Wildman–Crippen MR) is 176 cm³/mol. The second kappa shape index (κ2) is 12.1. The van der Waals surface area contributed by atoms with Crippen molar-refractivity contribution in [2.24, 2.45) is 0 Å². The topological polar surface area (TPSA) is 94.7 Å². The van der Waals surface area contributed by atoms with Crippen molar-refractivity contribution in [2.45, 2.75) is 51.2 Å². The zero-order valence-corrected chi connectivity index (χ0v) is 26.5. The number of pyridine rings is 1. The molecular formula is C32H32Cl2N8S. The number of likely N-dealkylation sites (tertiary alicyclic amines) is 1. The molecule has 0 saturated carbocycles. The average molecular weight is 632 g/mol. The number of hydrogen-bond acceptors (Lipinski definition) is 8. The van der Waals surface area contributed by atoms with E-state index < -0.39 is 0 Å². The minimum absolute atomic E-state index is 0.164. The molecular weight excluding hydrogens is 599 g/mol. The predicted octanol–water partition coefficient (Wildman–Crippen LogP) is 8.45. The van der Waals surface area contributed by atoms with Crippen LogP contribution in [0.5, 0.6) is 0 Å². The molecule has 0 radical (unpaired) electrons. The summed E-state index contributed by atoms with van der Waals surface area (Å²) in [4.78, 5) is 7.03. The number of halogens is 2. The van der Waals surface area contributed by atoms with Crippen LogP contribution in [0.25, 0.3) is 10.9 Å². The van der Waals surface area contributed by atoms with E-state index in [4.69, 9.17) is 23.2 Å². The summed E-state index contributed by atoms with van der Waals surface area (Å²) in [7, 11) is 0. The van der Waals surface area contributed by atoms with Crippen LogP contribution in [0.15, 0.2) is 66.3 Å². The molecule has 5 aromatic rings. The summed E-state index contributed by atoms with van der Waals surface area (Å²) >= 11 is 14.4. The van der Waals surface area contributed by atoms with Crippen LogP contribution in [0.3, 0.4) is 0 Å². The van der Waals surface area contributed by atoms with E-state index in [1.807, 2.05) is 46.5 Å². The number of rotatable bonds is 7. The largest absolute Gasteiger partial charge is 0.373 e. The Bertz CT molecular complexity index is 1780. The lowest BCUT2D eigenvalue weighted by molar-refractivity contribution is 0.0866. The van der Waals surface area contributed by atoms with Crippen molar-refractivity contribution < 1.29 is 0 Å². The van der Waals surface area contributed by atoms with E-state index in [0.717, 1.165) is 53.9 Å². The van der Waals surface area contributed by atoms with Gasteiger partial charge in [0, 0.05) is 41.3 Å². The summed E-state index contributed by atoms with van der Waals surface area (Å²) < 4.78 is 2.68. The van der Waals surface area contributed by atoms with E-state index >= 15 is 0 Å². The number of thiophene rings is 1. The Morgan fingerprint density at radius 3 is 2.51 bits per heavy atom. The van der Waals surface area contributed by atoms with Gasteiger partial charge in [0.1, 0.15) is 11.8 Å². The number of nitriles is 1. The third-order valence-corrected chi connectivity index (χ3v) is 9.32.